The predicted molar refractivity (Wildman–Crippen MR) is 82.2 cm³/mol. The van der Waals surface area contributed by atoms with Crippen LogP contribution in [0.25, 0.3) is 11.1 Å². The first kappa shape index (κ1) is 15.4. The minimum Gasteiger partial charge on any atom is -0.408 e. The fourth-order valence-electron chi connectivity index (χ4n) is 2.40. The molecule has 5 heteroatoms. The fraction of sp³-hybridized carbons (Fsp3) is 0.500. The zero-order valence-electron chi connectivity index (χ0n) is 12.6. The van der Waals surface area contributed by atoms with Gasteiger partial charge in [0.05, 0.1) is 5.52 Å². The molecule has 0 spiro atoms. The van der Waals surface area contributed by atoms with Crippen LogP contribution in [0.2, 0.25) is 0 Å². The Morgan fingerprint density at radius 2 is 2.10 bits per heavy atom. The number of aromatic nitrogens is 1. The van der Waals surface area contributed by atoms with Gasteiger partial charge in [0.15, 0.2) is 5.58 Å². The van der Waals surface area contributed by atoms with E-state index in [0.717, 1.165) is 19.3 Å². The molecule has 21 heavy (non-hydrogen) atoms. The largest absolute Gasteiger partial charge is 0.420 e. The standard InChI is InChI=1S/C16H22N2O3/c1-3-4-5-8-12(2)17-15(19)11-18-13-9-6-7-10-14(13)21-16(18)20/h6-7,9-10,12H,3-5,8,11H2,1-2H3,(H,17,19)/t12-/m1/s1. The van der Waals surface area contributed by atoms with E-state index in [1.54, 1.807) is 18.2 Å². The van der Waals surface area contributed by atoms with Crippen molar-refractivity contribution in [1.82, 2.24) is 9.88 Å². The highest BCUT2D eigenvalue weighted by molar-refractivity contribution is 5.79. The first-order valence-electron chi connectivity index (χ1n) is 7.49. The monoisotopic (exact) mass is 290 g/mol. The predicted octanol–water partition coefficient (Wildman–Crippen LogP) is 2.68. The molecule has 2 aromatic rings. The molecule has 0 saturated heterocycles. The summed E-state index contributed by atoms with van der Waals surface area (Å²) < 4.78 is 6.48. The Morgan fingerprint density at radius 3 is 2.86 bits per heavy atom. The molecule has 0 aliphatic rings. The second kappa shape index (κ2) is 7.11. The number of amides is 1. The maximum atomic E-state index is 12.0. The van der Waals surface area contributed by atoms with Gasteiger partial charge in [-0.05, 0) is 25.5 Å². The lowest BCUT2D eigenvalue weighted by molar-refractivity contribution is -0.122. The highest BCUT2D eigenvalue weighted by atomic mass is 16.4. The van der Waals surface area contributed by atoms with E-state index < -0.39 is 5.76 Å². The molecule has 0 aliphatic heterocycles. The molecular formula is C16H22N2O3. The van der Waals surface area contributed by atoms with E-state index in [0.29, 0.717) is 11.1 Å². The van der Waals surface area contributed by atoms with Crippen molar-refractivity contribution in [1.29, 1.82) is 0 Å². The minimum atomic E-state index is -0.495. The van der Waals surface area contributed by atoms with Crippen LogP contribution in [0.5, 0.6) is 0 Å². The lowest BCUT2D eigenvalue weighted by Crippen LogP contribution is -2.36. The van der Waals surface area contributed by atoms with E-state index in [2.05, 4.69) is 12.2 Å². The quantitative estimate of drug-likeness (QED) is 0.797. The molecule has 1 atom stereocenters. The lowest BCUT2D eigenvalue weighted by Gasteiger charge is -2.13. The Bertz CT molecular complexity index is 657. The van der Waals surface area contributed by atoms with Crippen molar-refractivity contribution in [2.75, 3.05) is 0 Å². The van der Waals surface area contributed by atoms with E-state index in [-0.39, 0.29) is 18.5 Å². The van der Waals surface area contributed by atoms with Crippen LogP contribution in [0.4, 0.5) is 0 Å². The average Bonchev–Trinajstić information content (AvgIpc) is 2.75. The smallest absolute Gasteiger partial charge is 0.408 e. The second-order valence-electron chi connectivity index (χ2n) is 5.39. The Morgan fingerprint density at radius 1 is 1.33 bits per heavy atom. The number of oxazole rings is 1. The summed E-state index contributed by atoms with van der Waals surface area (Å²) in [6.45, 7) is 4.14. The van der Waals surface area contributed by atoms with Gasteiger partial charge in [-0.2, -0.15) is 0 Å². The van der Waals surface area contributed by atoms with Gasteiger partial charge in [-0.15, -0.1) is 0 Å². The van der Waals surface area contributed by atoms with Crippen LogP contribution in [0, 0.1) is 0 Å². The molecule has 1 heterocycles. The summed E-state index contributed by atoms with van der Waals surface area (Å²) in [4.78, 5) is 23.8. The Labute approximate surface area is 123 Å². The average molecular weight is 290 g/mol. The molecule has 0 radical (unpaired) electrons. The molecule has 1 amide bonds. The van der Waals surface area contributed by atoms with Gasteiger partial charge >= 0.3 is 5.76 Å². The van der Waals surface area contributed by atoms with E-state index in [4.69, 9.17) is 4.42 Å². The van der Waals surface area contributed by atoms with E-state index in [1.807, 2.05) is 13.0 Å². The van der Waals surface area contributed by atoms with Crippen LogP contribution in [-0.4, -0.2) is 16.5 Å². The Hall–Kier alpha value is -2.04. The Balaban J connectivity index is 1.98. The van der Waals surface area contributed by atoms with Gasteiger partial charge in [0.1, 0.15) is 6.54 Å². The van der Waals surface area contributed by atoms with Gasteiger partial charge in [-0.3, -0.25) is 9.36 Å². The maximum absolute atomic E-state index is 12.0. The van der Waals surface area contributed by atoms with Gasteiger partial charge in [0.25, 0.3) is 0 Å². The number of benzene rings is 1. The number of para-hydroxylation sites is 2. The van der Waals surface area contributed by atoms with Crippen molar-refractivity contribution >= 4 is 17.0 Å². The summed E-state index contributed by atoms with van der Waals surface area (Å²) >= 11 is 0. The zero-order valence-corrected chi connectivity index (χ0v) is 12.6. The van der Waals surface area contributed by atoms with Gasteiger partial charge in [0, 0.05) is 6.04 Å². The molecule has 1 aromatic carbocycles. The van der Waals surface area contributed by atoms with Crippen molar-refractivity contribution in [3.05, 3.63) is 34.8 Å². The van der Waals surface area contributed by atoms with Crippen LogP contribution in [0.3, 0.4) is 0 Å². The summed E-state index contributed by atoms with van der Waals surface area (Å²) in [6.07, 6.45) is 4.40. The van der Waals surface area contributed by atoms with Crippen molar-refractivity contribution in [2.45, 2.75) is 52.1 Å². The lowest BCUT2D eigenvalue weighted by atomic mass is 10.1. The molecule has 0 unspecified atom stereocenters. The van der Waals surface area contributed by atoms with E-state index in [9.17, 15) is 9.59 Å². The number of carbonyl (C=O) groups excluding carboxylic acids is 1. The van der Waals surface area contributed by atoms with Crippen LogP contribution < -0.4 is 11.1 Å². The summed E-state index contributed by atoms with van der Waals surface area (Å²) in [5, 5.41) is 2.93. The van der Waals surface area contributed by atoms with E-state index in [1.165, 1.54) is 11.0 Å². The molecule has 5 nitrogen and oxygen atoms in total. The molecule has 114 valence electrons. The number of carbonyl (C=O) groups is 1. The molecule has 0 aliphatic carbocycles. The highest BCUT2D eigenvalue weighted by Gasteiger charge is 2.13. The number of nitrogens with zero attached hydrogens (tertiary/aromatic N) is 1. The SMILES string of the molecule is CCCCC[C@@H](C)NC(=O)Cn1c(=O)oc2ccccc21. The number of unbranched alkanes of at least 4 members (excludes halogenated alkanes) is 2. The molecular weight excluding hydrogens is 268 g/mol. The van der Waals surface area contributed by atoms with Crippen LogP contribution in [0.1, 0.15) is 39.5 Å². The molecule has 1 aromatic heterocycles. The topological polar surface area (TPSA) is 64.2 Å². The van der Waals surface area contributed by atoms with Crippen LogP contribution in [-0.2, 0) is 11.3 Å². The zero-order chi connectivity index (χ0) is 15.2. The van der Waals surface area contributed by atoms with Gasteiger partial charge in [-0.25, -0.2) is 4.79 Å². The van der Waals surface area contributed by atoms with E-state index >= 15 is 0 Å². The number of hydrogen-bond acceptors (Lipinski definition) is 3. The number of nitrogens with one attached hydrogen (secondary N) is 1. The first-order valence-corrected chi connectivity index (χ1v) is 7.49. The third-order valence-corrected chi connectivity index (χ3v) is 3.52. The van der Waals surface area contributed by atoms with Gasteiger partial charge in [0.2, 0.25) is 5.91 Å². The summed E-state index contributed by atoms with van der Waals surface area (Å²) in [6, 6.07) is 7.24. The maximum Gasteiger partial charge on any atom is 0.420 e. The molecule has 2 rings (SSSR count). The van der Waals surface area contributed by atoms with Crippen molar-refractivity contribution < 1.29 is 9.21 Å². The molecule has 0 saturated carbocycles. The van der Waals surface area contributed by atoms with Gasteiger partial charge in [-0.1, -0.05) is 38.3 Å². The number of fused-ring (bicyclic) bond motifs is 1. The summed E-state index contributed by atoms with van der Waals surface area (Å²) in [7, 11) is 0. The summed E-state index contributed by atoms with van der Waals surface area (Å²) in [5.41, 5.74) is 1.16. The second-order valence-corrected chi connectivity index (χ2v) is 5.39. The summed E-state index contributed by atoms with van der Waals surface area (Å²) in [5.74, 6) is -0.655. The minimum absolute atomic E-state index is 0.00599. The number of hydrogen-bond donors (Lipinski definition) is 1. The fourth-order valence-corrected chi connectivity index (χ4v) is 2.40. The molecule has 1 N–H and O–H groups in total. The molecule has 0 fully saturated rings. The molecule has 0 bridgehead atoms. The highest BCUT2D eigenvalue weighted by Crippen LogP contribution is 2.11. The van der Waals surface area contributed by atoms with Crippen molar-refractivity contribution in [3.8, 4) is 0 Å². The Kier molecular flexibility index (Phi) is 5.20. The number of rotatable bonds is 7. The first-order chi connectivity index (χ1) is 10.1. The van der Waals surface area contributed by atoms with Crippen LogP contribution in [0.15, 0.2) is 33.5 Å². The van der Waals surface area contributed by atoms with Crippen molar-refractivity contribution in [2.24, 2.45) is 0 Å². The van der Waals surface area contributed by atoms with Crippen molar-refractivity contribution in [3.63, 3.8) is 0 Å². The normalized spacial score (nSPS) is 12.5. The van der Waals surface area contributed by atoms with Crippen LogP contribution >= 0.6 is 0 Å². The van der Waals surface area contributed by atoms with Gasteiger partial charge < -0.3 is 9.73 Å². The third-order valence-electron chi connectivity index (χ3n) is 3.52. The third kappa shape index (κ3) is 3.97.